The average Bonchev–Trinajstić information content (AvgIpc) is 2.84. The number of rotatable bonds is 8. The summed E-state index contributed by atoms with van der Waals surface area (Å²) in [6.45, 7) is 5.43. The van der Waals surface area contributed by atoms with Crippen LogP contribution in [0.1, 0.15) is 51.0 Å². The van der Waals surface area contributed by atoms with E-state index in [9.17, 15) is 0 Å². The molecule has 0 saturated heterocycles. The maximum atomic E-state index is 4.65. The van der Waals surface area contributed by atoms with Crippen LogP contribution in [-0.2, 0) is 6.54 Å². The quantitative estimate of drug-likeness (QED) is 0.704. The van der Waals surface area contributed by atoms with Crippen molar-refractivity contribution in [2.45, 2.75) is 58.5 Å². The van der Waals surface area contributed by atoms with Gasteiger partial charge >= 0.3 is 0 Å². The summed E-state index contributed by atoms with van der Waals surface area (Å²) >= 11 is 1.80. The van der Waals surface area contributed by atoms with Gasteiger partial charge in [0, 0.05) is 12.6 Å². The number of benzene rings is 1. The normalized spacial score (nSPS) is 12.9. The Kier molecular flexibility index (Phi) is 5.80. The molecule has 3 heteroatoms. The summed E-state index contributed by atoms with van der Waals surface area (Å²) in [5.41, 5.74) is 1.12. The van der Waals surface area contributed by atoms with E-state index in [2.05, 4.69) is 48.4 Å². The van der Waals surface area contributed by atoms with Crippen molar-refractivity contribution in [3.8, 4) is 0 Å². The molecule has 0 amide bonds. The molecule has 0 radical (unpaired) electrons. The number of nitrogens with one attached hydrogen (secondary N) is 1. The number of aromatic nitrogens is 1. The van der Waals surface area contributed by atoms with Crippen LogP contribution >= 0.6 is 11.3 Å². The summed E-state index contributed by atoms with van der Waals surface area (Å²) in [5, 5.41) is 4.78. The third-order valence-electron chi connectivity index (χ3n) is 3.43. The minimum atomic E-state index is 0.587. The molecule has 1 N–H and O–H groups in total. The Morgan fingerprint density at radius 2 is 2.05 bits per heavy atom. The van der Waals surface area contributed by atoms with Crippen LogP contribution in [0.4, 0.5) is 0 Å². The van der Waals surface area contributed by atoms with Crippen LogP contribution in [0.2, 0.25) is 0 Å². The average molecular weight is 276 g/mol. The summed E-state index contributed by atoms with van der Waals surface area (Å²) in [4.78, 5) is 4.65. The topological polar surface area (TPSA) is 24.9 Å². The Morgan fingerprint density at radius 3 is 2.84 bits per heavy atom. The maximum absolute atomic E-state index is 4.65. The minimum Gasteiger partial charge on any atom is -0.308 e. The molecule has 0 spiro atoms. The predicted octanol–water partition coefficient (Wildman–Crippen LogP) is 4.74. The highest BCUT2D eigenvalue weighted by molar-refractivity contribution is 7.18. The van der Waals surface area contributed by atoms with Gasteiger partial charge in [0.1, 0.15) is 5.01 Å². The van der Waals surface area contributed by atoms with E-state index in [0.29, 0.717) is 6.04 Å². The number of para-hydroxylation sites is 1. The van der Waals surface area contributed by atoms with E-state index in [1.807, 2.05) is 0 Å². The Morgan fingerprint density at radius 1 is 1.21 bits per heavy atom. The summed E-state index contributed by atoms with van der Waals surface area (Å²) in [7, 11) is 0. The van der Waals surface area contributed by atoms with Gasteiger partial charge in [0.15, 0.2) is 0 Å². The molecule has 1 atom stereocenters. The molecule has 0 aliphatic heterocycles. The van der Waals surface area contributed by atoms with E-state index in [-0.39, 0.29) is 0 Å². The molecule has 1 aromatic heterocycles. The van der Waals surface area contributed by atoms with Crippen LogP contribution in [0.3, 0.4) is 0 Å². The van der Waals surface area contributed by atoms with Crippen molar-refractivity contribution < 1.29 is 0 Å². The summed E-state index contributed by atoms with van der Waals surface area (Å²) in [6, 6.07) is 8.95. The predicted molar refractivity (Wildman–Crippen MR) is 84.7 cm³/mol. The van der Waals surface area contributed by atoms with Crippen molar-refractivity contribution in [3.05, 3.63) is 29.3 Å². The zero-order valence-corrected chi connectivity index (χ0v) is 12.8. The van der Waals surface area contributed by atoms with E-state index in [1.54, 1.807) is 11.3 Å². The van der Waals surface area contributed by atoms with Gasteiger partial charge in [0.05, 0.1) is 10.2 Å². The molecular formula is C16H24N2S. The highest BCUT2D eigenvalue weighted by Crippen LogP contribution is 2.21. The molecule has 0 fully saturated rings. The number of unbranched alkanes of at least 4 members (excludes halogenated alkanes) is 3. The van der Waals surface area contributed by atoms with Gasteiger partial charge in [-0.15, -0.1) is 11.3 Å². The van der Waals surface area contributed by atoms with Crippen molar-refractivity contribution in [2.75, 3.05) is 0 Å². The lowest BCUT2D eigenvalue weighted by atomic mass is 10.1. The largest absolute Gasteiger partial charge is 0.308 e. The second kappa shape index (κ2) is 7.61. The fourth-order valence-electron chi connectivity index (χ4n) is 2.24. The molecule has 1 heterocycles. The minimum absolute atomic E-state index is 0.587. The molecule has 0 aliphatic rings. The van der Waals surface area contributed by atoms with Crippen LogP contribution in [0.15, 0.2) is 24.3 Å². The number of fused-ring (bicyclic) bond motifs is 1. The summed E-state index contributed by atoms with van der Waals surface area (Å²) in [5.74, 6) is 0. The van der Waals surface area contributed by atoms with E-state index in [4.69, 9.17) is 0 Å². The Labute approximate surface area is 120 Å². The molecule has 0 bridgehead atoms. The fraction of sp³-hybridized carbons (Fsp3) is 0.562. The van der Waals surface area contributed by atoms with Gasteiger partial charge in [-0.1, -0.05) is 44.7 Å². The third-order valence-corrected chi connectivity index (χ3v) is 4.47. The van der Waals surface area contributed by atoms with Crippen molar-refractivity contribution in [2.24, 2.45) is 0 Å². The van der Waals surface area contributed by atoms with Crippen LogP contribution in [-0.4, -0.2) is 11.0 Å². The van der Waals surface area contributed by atoms with Crippen molar-refractivity contribution >= 4 is 21.6 Å². The van der Waals surface area contributed by atoms with Crippen molar-refractivity contribution in [3.63, 3.8) is 0 Å². The molecular weight excluding hydrogens is 252 g/mol. The molecule has 19 heavy (non-hydrogen) atoms. The zero-order chi connectivity index (χ0) is 13.5. The van der Waals surface area contributed by atoms with Crippen molar-refractivity contribution in [1.29, 1.82) is 0 Å². The fourth-order valence-corrected chi connectivity index (χ4v) is 3.15. The second-order valence-corrected chi connectivity index (χ2v) is 6.32. The molecule has 104 valence electrons. The first-order valence-corrected chi connectivity index (χ1v) is 8.19. The number of nitrogens with zero attached hydrogens (tertiary/aromatic N) is 1. The molecule has 2 nitrogen and oxygen atoms in total. The number of hydrogen-bond acceptors (Lipinski definition) is 3. The molecule has 2 aromatic rings. The lowest BCUT2D eigenvalue weighted by molar-refractivity contribution is 0.482. The first-order chi connectivity index (χ1) is 9.29. The summed E-state index contributed by atoms with van der Waals surface area (Å²) in [6.07, 6.45) is 6.65. The van der Waals surface area contributed by atoms with E-state index < -0.39 is 0 Å². The lowest BCUT2D eigenvalue weighted by Gasteiger charge is -2.12. The van der Waals surface area contributed by atoms with E-state index in [1.165, 1.54) is 41.8 Å². The van der Waals surface area contributed by atoms with Crippen LogP contribution in [0.5, 0.6) is 0 Å². The standard InChI is InChI=1S/C16H24N2S/c1-3-4-5-6-9-13(2)17-12-16-18-14-10-7-8-11-15(14)19-16/h7-8,10-11,13,17H,3-6,9,12H2,1-2H3. The zero-order valence-electron chi connectivity index (χ0n) is 12.0. The Bertz CT molecular complexity index is 459. The summed E-state index contributed by atoms with van der Waals surface area (Å²) < 4.78 is 1.29. The van der Waals surface area contributed by atoms with Gasteiger partial charge in [0.25, 0.3) is 0 Å². The van der Waals surface area contributed by atoms with E-state index in [0.717, 1.165) is 12.1 Å². The van der Waals surface area contributed by atoms with Crippen LogP contribution in [0, 0.1) is 0 Å². The van der Waals surface area contributed by atoms with Crippen molar-refractivity contribution in [1.82, 2.24) is 10.3 Å². The third kappa shape index (κ3) is 4.59. The SMILES string of the molecule is CCCCCCC(C)NCc1nc2ccccc2s1. The van der Waals surface area contributed by atoms with Crippen LogP contribution in [0.25, 0.3) is 10.2 Å². The molecule has 1 aromatic carbocycles. The Hall–Kier alpha value is -0.930. The van der Waals surface area contributed by atoms with Gasteiger partial charge in [-0.3, -0.25) is 0 Å². The molecule has 1 unspecified atom stereocenters. The van der Waals surface area contributed by atoms with E-state index >= 15 is 0 Å². The monoisotopic (exact) mass is 276 g/mol. The molecule has 0 aliphatic carbocycles. The lowest BCUT2D eigenvalue weighted by Crippen LogP contribution is -2.25. The molecule has 2 rings (SSSR count). The highest BCUT2D eigenvalue weighted by atomic mass is 32.1. The van der Waals surface area contributed by atoms with Gasteiger partial charge < -0.3 is 5.32 Å². The maximum Gasteiger partial charge on any atom is 0.108 e. The van der Waals surface area contributed by atoms with Gasteiger partial charge in [0.2, 0.25) is 0 Å². The smallest absolute Gasteiger partial charge is 0.108 e. The molecule has 0 saturated carbocycles. The second-order valence-electron chi connectivity index (χ2n) is 5.21. The van der Waals surface area contributed by atoms with Crippen LogP contribution < -0.4 is 5.32 Å². The number of thiazole rings is 1. The number of hydrogen-bond donors (Lipinski definition) is 1. The Balaban J connectivity index is 1.75. The first-order valence-electron chi connectivity index (χ1n) is 7.37. The van der Waals surface area contributed by atoms with Gasteiger partial charge in [-0.05, 0) is 25.5 Å². The van der Waals surface area contributed by atoms with Gasteiger partial charge in [-0.25, -0.2) is 4.98 Å². The first kappa shape index (κ1) is 14.5. The highest BCUT2D eigenvalue weighted by Gasteiger charge is 2.05. The van der Waals surface area contributed by atoms with Gasteiger partial charge in [-0.2, -0.15) is 0 Å².